The van der Waals surface area contributed by atoms with Gasteiger partial charge >= 0.3 is 0 Å². The molecule has 1 aromatic carbocycles. The lowest BCUT2D eigenvalue weighted by Gasteiger charge is -2.15. The van der Waals surface area contributed by atoms with E-state index in [9.17, 15) is 4.79 Å². The summed E-state index contributed by atoms with van der Waals surface area (Å²) in [5, 5.41) is 15.8. The van der Waals surface area contributed by atoms with Crippen LogP contribution in [0.2, 0.25) is 0 Å². The van der Waals surface area contributed by atoms with E-state index in [1.54, 1.807) is 11.0 Å². The van der Waals surface area contributed by atoms with Crippen LogP contribution in [-0.2, 0) is 4.74 Å². The van der Waals surface area contributed by atoms with Gasteiger partial charge in [-0.05, 0) is 24.6 Å². The molecule has 3 rings (SSSR count). The molecule has 1 aliphatic rings. The summed E-state index contributed by atoms with van der Waals surface area (Å²) in [4.78, 5) is 14.3. The Balaban J connectivity index is 1.66. The zero-order valence-corrected chi connectivity index (χ0v) is 14.1. The molecule has 0 radical (unpaired) electrons. The molecular formula is C16H18BrN3O3. The van der Waals surface area contributed by atoms with Gasteiger partial charge in [0.15, 0.2) is 0 Å². The van der Waals surface area contributed by atoms with Gasteiger partial charge in [0.25, 0.3) is 5.91 Å². The van der Waals surface area contributed by atoms with Gasteiger partial charge in [0.05, 0.1) is 25.0 Å². The fourth-order valence-corrected chi connectivity index (χ4v) is 2.90. The molecule has 2 heterocycles. The third kappa shape index (κ3) is 3.80. The highest BCUT2D eigenvalue weighted by atomic mass is 79.9. The number of carbonyl (C=O) groups excluding carboxylic acids is 1. The highest BCUT2D eigenvalue weighted by molar-refractivity contribution is 9.10. The van der Waals surface area contributed by atoms with Crippen molar-refractivity contribution < 1.29 is 14.6 Å². The van der Waals surface area contributed by atoms with Gasteiger partial charge < -0.3 is 14.7 Å². The predicted octanol–water partition coefficient (Wildman–Crippen LogP) is 2.06. The molecule has 1 aromatic heterocycles. The van der Waals surface area contributed by atoms with Crippen molar-refractivity contribution >= 4 is 21.8 Å². The molecule has 122 valence electrons. The first-order chi connectivity index (χ1) is 11.2. The minimum absolute atomic E-state index is 0.0000321. The van der Waals surface area contributed by atoms with Crippen molar-refractivity contribution in [2.24, 2.45) is 0 Å². The number of aliphatic hydroxyl groups is 1. The zero-order valence-electron chi connectivity index (χ0n) is 12.5. The molecule has 1 unspecified atom stereocenters. The molecule has 6 nitrogen and oxygen atoms in total. The van der Waals surface area contributed by atoms with Gasteiger partial charge in [-0.15, -0.1) is 0 Å². The second kappa shape index (κ2) is 7.25. The van der Waals surface area contributed by atoms with Crippen LogP contribution in [0.4, 0.5) is 0 Å². The first kappa shape index (κ1) is 16.2. The van der Waals surface area contributed by atoms with Crippen LogP contribution in [0.5, 0.6) is 0 Å². The summed E-state index contributed by atoms with van der Waals surface area (Å²) in [5.74, 6) is -0.0732. The summed E-state index contributed by atoms with van der Waals surface area (Å²) in [5.41, 5.74) is 2.17. The summed E-state index contributed by atoms with van der Waals surface area (Å²) in [6.45, 7) is 1.51. The molecule has 1 saturated heterocycles. The number of benzene rings is 1. The lowest BCUT2D eigenvalue weighted by molar-refractivity contribution is 0.0329. The van der Waals surface area contributed by atoms with E-state index in [0.29, 0.717) is 25.4 Å². The lowest BCUT2D eigenvalue weighted by atomic mass is 10.1. The molecule has 0 saturated carbocycles. The van der Waals surface area contributed by atoms with Crippen molar-refractivity contribution in [2.75, 3.05) is 26.3 Å². The molecule has 1 atom stereocenters. The fraction of sp³-hybridized carbons (Fsp3) is 0.375. The van der Waals surface area contributed by atoms with Crippen LogP contribution in [0.3, 0.4) is 0 Å². The quantitative estimate of drug-likeness (QED) is 0.833. The Morgan fingerprint density at radius 1 is 1.43 bits per heavy atom. The number of rotatable bonds is 5. The number of aliphatic hydroxyl groups excluding tert-OH is 1. The van der Waals surface area contributed by atoms with E-state index in [-0.39, 0.29) is 18.6 Å². The van der Waals surface area contributed by atoms with Crippen LogP contribution in [0, 0.1) is 0 Å². The van der Waals surface area contributed by atoms with Crippen molar-refractivity contribution in [2.45, 2.75) is 12.5 Å². The molecule has 0 aliphatic carbocycles. The molecule has 0 spiro atoms. The van der Waals surface area contributed by atoms with Crippen molar-refractivity contribution in [3.8, 4) is 11.3 Å². The van der Waals surface area contributed by atoms with Crippen LogP contribution in [0.25, 0.3) is 11.3 Å². The van der Waals surface area contributed by atoms with Gasteiger partial charge in [0, 0.05) is 23.1 Å². The Morgan fingerprint density at radius 2 is 2.22 bits per heavy atom. The van der Waals surface area contributed by atoms with Crippen LogP contribution >= 0.6 is 15.9 Å². The SMILES string of the molecule is O=C(c1cc(-c2ccc(Br)cc2)n[nH]1)N1CCC(OCCO)C1. The number of aromatic nitrogens is 2. The highest BCUT2D eigenvalue weighted by Gasteiger charge is 2.28. The number of amides is 1. The van der Waals surface area contributed by atoms with Crippen LogP contribution in [0.15, 0.2) is 34.8 Å². The van der Waals surface area contributed by atoms with Crippen molar-refractivity contribution in [3.63, 3.8) is 0 Å². The molecule has 23 heavy (non-hydrogen) atoms. The monoisotopic (exact) mass is 379 g/mol. The van der Waals surface area contributed by atoms with E-state index >= 15 is 0 Å². The normalized spacial score (nSPS) is 17.7. The third-order valence-electron chi connectivity index (χ3n) is 3.83. The van der Waals surface area contributed by atoms with Gasteiger partial charge in [0.2, 0.25) is 0 Å². The summed E-state index contributed by atoms with van der Waals surface area (Å²) < 4.78 is 6.48. The Morgan fingerprint density at radius 3 is 2.96 bits per heavy atom. The number of aromatic amines is 1. The van der Waals surface area contributed by atoms with Gasteiger partial charge in [-0.3, -0.25) is 9.89 Å². The maximum atomic E-state index is 12.5. The smallest absolute Gasteiger partial charge is 0.271 e. The fourth-order valence-electron chi connectivity index (χ4n) is 2.64. The lowest BCUT2D eigenvalue weighted by Crippen LogP contribution is -2.30. The summed E-state index contributed by atoms with van der Waals surface area (Å²) >= 11 is 3.40. The summed E-state index contributed by atoms with van der Waals surface area (Å²) in [7, 11) is 0. The standard InChI is InChI=1S/C16H18BrN3O3/c17-12-3-1-11(2-4-12)14-9-15(19-18-14)16(22)20-6-5-13(10-20)23-8-7-21/h1-4,9,13,21H,5-8,10H2,(H,18,19). The number of nitrogens with zero attached hydrogens (tertiary/aromatic N) is 2. The second-order valence-corrected chi connectivity index (χ2v) is 6.35. The number of ether oxygens (including phenoxy) is 1. The number of hydrogen-bond donors (Lipinski definition) is 2. The van der Waals surface area contributed by atoms with Crippen molar-refractivity contribution in [3.05, 3.63) is 40.5 Å². The van der Waals surface area contributed by atoms with Gasteiger partial charge in [0.1, 0.15) is 5.69 Å². The zero-order chi connectivity index (χ0) is 16.2. The summed E-state index contributed by atoms with van der Waals surface area (Å²) in [6, 6.07) is 9.55. The molecular weight excluding hydrogens is 362 g/mol. The number of halogens is 1. The number of likely N-dealkylation sites (tertiary alicyclic amines) is 1. The number of hydrogen-bond acceptors (Lipinski definition) is 4. The van der Waals surface area contributed by atoms with E-state index in [4.69, 9.17) is 9.84 Å². The van der Waals surface area contributed by atoms with Crippen LogP contribution in [0.1, 0.15) is 16.9 Å². The van der Waals surface area contributed by atoms with Gasteiger partial charge in [-0.1, -0.05) is 28.1 Å². The predicted molar refractivity (Wildman–Crippen MR) is 89.1 cm³/mol. The Labute approximate surface area is 142 Å². The third-order valence-corrected chi connectivity index (χ3v) is 4.35. The first-order valence-electron chi connectivity index (χ1n) is 7.50. The van der Waals surface area contributed by atoms with E-state index < -0.39 is 0 Å². The molecule has 2 N–H and O–H groups in total. The minimum atomic E-state index is -0.0732. The van der Waals surface area contributed by atoms with Gasteiger partial charge in [-0.2, -0.15) is 5.10 Å². The van der Waals surface area contributed by atoms with Crippen molar-refractivity contribution in [1.82, 2.24) is 15.1 Å². The number of nitrogens with one attached hydrogen (secondary N) is 1. The summed E-state index contributed by atoms with van der Waals surface area (Å²) in [6.07, 6.45) is 0.791. The maximum Gasteiger partial charge on any atom is 0.271 e. The number of H-pyrrole nitrogens is 1. The van der Waals surface area contributed by atoms with E-state index in [1.807, 2.05) is 24.3 Å². The molecule has 2 aromatic rings. The average molecular weight is 380 g/mol. The maximum absolute atomic E-state index is 12.5. The molecule has 1 amide bonds. The van der Waals surface area contributed by atoms with Crippen molar-refractivity contribution in [1.29, 1.82) is 0 Å². The molecule has 0 bridgehead atoms. The van der Waals surface area contributed by atoms with E-state index in [2.05, 4.69) is 26.1 Å². The van der Waals surface area contributed by atoms with E-state index in [0.717, 1.165) is 22.2 Å². The Hall–Kier alpha value is -1.70. The molecule has 1 fully saturated rings. The van der Waals surface area contributed by atoms with E-state index in [1.165, 1.54) is 0 Å². The largest absolute Gasteiger partial charge is 0.394 e. The minimum Gasteiger partial charge on any atom is -0.394 e. The Bertz CT molecular complexity index is 671. The topological polar surface area (TPSA) is 78.5 Å². The molecule has 7 heteroatoms. The van der Waals surface area contributed by atoms with Crippen LogP contribution in [-0.4, -0.2) is 58.5 Å². The highest BCUT2D eigenvalue weighted by Crippen LogP contribution is 2.22. The average Bonchev–Trinajstić information content (AvgIpc) is 3.22. The first-order valence-corrected chi connectivity index (χ1v) is 8.30. The van der Waals surface area contributed by atoms with Gasteiger partial charge in [-0.25, -0.2) is 0 Å². The molecule has 1 aliphatic heterocycles. The Kier molecular flexibility index (Phi) is 5.09. The second-order valence-electron chi connectivity index (χ2n) is 5.43. The van der Waals surface area contributed by atoms with Crippen LogP contribution < -0.4 is 0 Å². The number of carbonyl (C=O) groups is 1.